The van der Waals surface area contributed by atoms with Crippen LogP contribution in [0.3, 0.4) is 0 Å². The largest absolute Gasteiger partial charge is 0.496 e. The average Bonchev–Trinajstić information content (AvgIpc) is 2.75. The van der Waals surface area contributed by atoms with Gasteiger partial charge in [-0.15, -0.1) is 0 Å². The maximum atomic E-state index is 12.8. The minimum absolute atomic E-state index is 0.0117. The third-order valence-corrected chi connectivity index (χ3v) is 6.63. The average molecular weight is 498 g/mol. The van der Waals surface area contributed by atoms with E-state index in [4.69, 9.17) is 14.6 Å². The molecule has 0 aliphatic carbocycles. The third-order valence-electron chi connectivity index (χ3n) is 5.00. The zero-order valence-electron chi connectivity index (χ0n) is 19.7. The van der Waals surface area contributed by atoms with Gasteiger partial charge in [-0.3, -0.25) is 10.1 Å². The quantitative estimate of drug-likeness (QED) is 0.203. The van der Waals surface area contributed by atoms with Gasteiger partial charge in [0.1, 0.15) is 0 Å². The number of hydrogen-bond acceptors (Lipinski definition) is 8. The summed E-state index contributed by atoms with van der Waals surface area (Å²) in [6.45, 7) is 7.26. The van der Waals surface area contributed by atoms with Crippen molar-refractivity contribution >= 4 is 27.4 Å². The summed E-state index contributed by atoms with van der Waals surface area (Å²) < 4.78 is 38.9. The summed E-state index contributed by atoms with van der Waals surface area (Å²) in [4.78, 5) is 23.4. The zero-order valence-corrected chi connectivity index (χ0v) is 20.5. The first kappa shape index (κ1) is 27.1. The molecule has 2 N–H and O–H groups in total. The Kier molecular flexibility index (Phi) is 9.45. The Morgan fingerprint density at radius 2 is 2.06 bits per heavy atom. The minimum atomic E-state index is -3.73. The summed E-state index contributed by atoms with van der Waals surface area (Å²) in [5, 5.41) is 20.1. The van der Waals surface area contributed by atoms with E-state index in [1.165, 1.54) is 31.2 Å². The molecule has 1 atom stereocenters. The van der Waals surface area contributed by atoms with E-state index >= 15 is 0 Å². The van der Waals surface area contributed by atoms with Crippen molar-refractivity contribution in [2.75, 3.05) is 24.6 Å². The van der Waals surface area contributed by atoms with Gasteiger partial charge in [0.2, 0.25) is 10.0 Å². The standard InChI is InChI=1S/C22H31N3O8S/c1-15(2)33-16(3)7-8-17(4)34(30,31)23-18-6-5-11-24(13-18)19-9-10-20(25(28)29)21(12-19)32-14-22(26)27/h7-10,12,15,18,23H,5-6,11,13-14H2,1-4H3,(H,26,27)/b16-7+,17-8+. The number of carboxylic acid groups (broad SMARTS) is 1. The van der Waals surface area contributed by atoms with Crippen LogP contribution in [0.2, 0.25) is 0 Å². The number of nitro groups is 1. The molecule has 1 aliphatic rings. The Labute approximate surface area is 199 Å². The highest BCUT2D eigenvalue weighted by atomic mass is 32.2. The number of allylic oxidation sites excluding steroid dienone is 4. The van der Waals surface area contributed by atoms with Gasteiger partial charge in [0.25, 0.3) is 0 Å². The molecule has 1 fully saturated rings. The maximum Gasteiger partial charge on any atom is 0.341 e. The molecular weight excluding hydrogens is 466 g/mol. The molecule has 0 aromatic heterocycles. The predicted octanol–water partition coefficient (Wildman–Crippen LogP) is 3.18. The lowest BCUT2D eigenvalue weighted by atomic mass is 10.1. The van der Waals surface area contributed by atoms with Crippen LogP contribution >= 0.6 is 0 Å². The highest BCUT2D eigenvalue weighted by molar-refractivity contribution is 7.93. The van der Waals surface area contributed by atoms with Gasteiger partial charge in [-0.2, -0.15) is 0 Å². The Balaban J connectivity index is 2.15. The van der Waals surface area contributed by atoms with Crippen LogP contribution in [0.4, 0.5) is 11.4 Å². The van der Waals surface area contributed by atoms with Crippen LogP contribution in [-0.2, 0) is 19.6 Å². The second kappa shape index (κ2) is 11.8. The first-order valence-corrected chi connectivity index (χ1v) is 12.3. The van der Waals surface area contributed by atoms with Crippen molar-refractivity contribution in [3.05, 3.63) is 51.1 Å². The molecule has 2 rings (SSSR count). The van der Waals surface area contributed by atoms with E-state index in [9.17, 15) is 23.3 Å². The number of hydrogen-bond donors (Lipinski definition) is 2. The molecule has 12 heteroatoms. The van der Waals surface area contributed by atoms with Crippen molar-refractivity contribution in [2.24, 2.45) is 0 Å². The molecular formula is C22H31N3O8S. The van der Waals surface area contributed by atoms with Gasteiger partial charge in [0.05, 0.1) is 21.7 Å². The van der Waals surface area contributed by atoms with E-state index in [0.29, 0.717) is 37.4 Å². The number of carboxylic acids is 1. The molecule has 0 amide bonds. The van der Waals surface area contributed by atoms with Crippen LogP contribution in [-0.4, -0.2) is 56.3 Å². The fourth-order valence-electron chi connectivity index (χ4n) is 3.46. The van der Waals surface area contributed by atoms with E-state index in [1.54, 1.807) is 13.0 Å². The van der Waals surface area contributed by atoms with Crippen molar-refractivity contribution in [3.8, 4) is 5.75 Å². The molecule has 1 aromatic rings. The number of benzene rings is 1. The highest BCUT2D eigenvalue weighted by Gasteiger charge is 2.27. The monoisotopic (exact) mass is 497 g/mol. The van der Waals surface area contributed by atoms with Crippen LogP contribution in [0, 0.1) is 10.1 Å². The van der Waals surface area contributed by atoms with Crippen LogP contribution in [0.15, 0.2) is 41.0 Å². The molecule has 0 bridgehead atoms. The van der Waals surface area contributed by atoms with Gasteiger partial charge >= 0.3 is 11.7 Å². The number of rotatable bonds is 11. The molecule has 1 saturated heterocycles. The number of sulfonamides is 1. The van der Waals surface area contributed by atoms with Gasteiger partial charge in [-0.25, -0.2) is 17.9 Å². The molecule has 1 unspecified atom stereocenters. The molecule has 11 nitrogen and oxygen atoms in total. The van der Waals surface area contributed by atoms with Crippen molar-refractivity contribution in [1.82, 2.24) is 4.72 Å². The summed E-state index contributed by atoms with van der Waals surface area (Å²) in [6.07, 6.45) is 4.41. The van der Waals surface area contributed by atoms with E-state index in [0.717, 1.165) is 0 Å². The summed E-state index contributed by atoms with van der Waals surface area (Å²) >= 11 is 0. The number of nitrogens with zero attached hydrogens (tertiary/aromatic N) is 2. The van der Waals surface area contributed by atoms with Gasteiger partial charge in [0, 0.05) is 37.0 Å². The van der Waals surface area contributed by atoms with Crippen molar-refractivity contribution < 1.29 is 32.7 Å². The lowest BCUT2D eigenvalue weighted by molar-refractivity contribution is -0.385. The summed E-state index contributed by atoms with van der Waals surface area (Å²) in [6, 6.07) is 3.82. The molecule has 1 aliphatic heterocycles. The molecule has 1 heterocycles. The summed E-state index contributed by atoms with van der Waals surface area (Å²) in [7, 11) is -3.73. The van der Waals surface area contributed by atoms with Gasteiger partial charge in [-0.05, 0) is 58.8 Å². The van der Waals surface area contributed by atoms with Crippen molar-refractivity contribution in [2.45, 2.75) is 52.7 Å². The fourth-order valence-corrected chi connectivity index (χ4v) is 4.53. The Morgan fingerprint density at radius 1 is 1.35 bits per heavy atom. The van der Waals surface area contributed by atoms with Gasteiger partial charge in [0.15, 0.2) is 12.4 Å². The van der Waals surface area contributed by atoms with E-state index in [1.807, 2.05) is 18.7 Å². The molecule has 1 aromatic carbocycles. The number of anilines is 1. The van der Waals surface area contributed by atoms with Crippen LogP contribution in [0.25, 0.3) is 0 Å². The second-order valence-corrected chi connectivity index (χ2v) is 10.1. The summed E-state index contributed by atoms with van der Waals surface area (Å²) in [5.74, 6) is -0.805. The number of ether oxygens (including phenoxy) is 2. The Hall–Kier alpha value is -3.12. The zero-order chi connectivity index (χ0) is 25.5. The first-order valence-electron chi connectivity index (χ1n) is 10.8. The van der Waals surface area contributed by atoms with E-state index in [-0.39, 0.29) is 28.5 Å². The Morgan fingerprint density at radius 3 is 2.68 bits per heavy atom. The highest BCUT2D eigenvalue weighted by Crippen LogP contribution is 2.33. The Bertz CT molecular complexity index is 1070. The normalized spacial score (nSPS) is 17.6. The minimum Gasteiger partial charge on any atom is -0.496 e. The number of nitrogens with one attached hydrogen (secondary N) is 1. The second-order valence-electron chi connectivity index (χ2n) is 8.22. The molecule has 0 spiro atoms. The summed E-state index contributed by atoms with van der Waals surface area (Å²) in [5.41, 5.74) is 0.233. The van der Waals surface area contributed by atoms with Crippen LogP contribution < -0.4 is 14.4 Å². The van der Waals surface area contributed by atoms with Gasteiger partial charge in [-0.1, -0.05) is 0 Å². The van der Waals surface area contributed by atoms with E-state index in [2.05, 4.69) is 4.72 Å². The first-order chi connectivity index (χ1) is 15.9. The van der Waals surface area contributed by atoms with Crippen LogP contribution in [0.1, 0.15) is 40.5 Å². The number of piperidine rings is 1. The van der Waals surface area contributed by atoms with Gasteiger partial charge < -0.3 is 19.5 Å². The molecule has 188 valence electrons. The smallest absolute Gasteiger partial charge is 0.341 e. The third kappa shape index (κ3) is 8.03. The maximum absolute atomic E-state index is 12.8. The van der Waals surface area contributed by atoms with Crippen molar-refractivity contribution in [3.63, 3.8) is 0 Å². The lowest BCUT2D eigenvalue weighted by Gasteiger charge is -2.34. The van der Waals surface area contributed by atoms with Crippen LogP contribution in [0.5, 0.6) is 5.75 Å². The number of aliphatic carboxylic acids is 1. The molecule has 0 saturated carbocycles. The fraction of sp³-hybridized carbons (Fsp3) is 0.500. The van der Waals surface area contributed by atoms with Crippen molar-refractivity contribution in [1.29, 1.82) is 0 Å². The predicted molar refractivity (Wildman–Crippen MR) is 127 cm³/mol. The SMILES string of the molecule is C/C(=C\C=C(/C)S(=O)(=O)NC1CCCN(c2ccc([N+](=O)[O-])c(OCC(=O)O)c2)C1)OC(C)C. The lowest BCUT2D eigenvalue weighted by Crippen LogP contribution is -2.47. The molecule has 0 radical (unpaired) electrons. The van der Waals surface area contributed by atoms with E-state index < -0.39 is 27.5 Å². The number of carbonyl (C=O) groups is 1. The number of nitro benzene ring substituents is 1. The molecule has 34 heavy (non-hydrogen) atoms. The topological polar surface area (TPSA) is 148 Å².